The van der Waals surface area contributed by atoms with Crippen molar-refractivity contribution in [2.75, 3.05) is 11.9 Å². The number of amides is 3. The van der Waals surface area contributed by atoms with E-state index in [0.717, 1.165) is 4.90 Å². The second-order valence-electron chi connectivity index (χ2n) is 5.42. The molecular weight excluding hydrogens is 308 g/mol. The molecule has 0 radical (unpaired) electrons. The quantitative estimate of drug-likeness (QED) is 0.690. The lowest BCUT2D eigenvalue weighted by molar-refractivity contribution is -0.116. The van der Waals surface area contributed by atoms with Gasteiger partial charge in [0, 0.05) is 11.3 Å². The molecule has 0 fully saturated rings. The second kappa shape index (κ2) is 6.08. The molecule has 6 heteroatoms. The standard InChI is InChI=1S/C18H14N2O4/c1-11(21)12-6-8-13(9-7-12)19-16(22)10-20-17(23)14-4-2-3-5-15(14)18(20)24/h2-9H,10H2,1H3,(H,19,22). The monoisotopic (exact) mass is 322 g/mol. The number of carbonyl (C=O) groups excluding carboxylic acids is 4. The van der Waals surface area contributed by atoms with Crippen molar-refractivity contribution in [1.29, 1.82) is 0 Å². The van der Waals surface area contributed by atoms with E-state index < -0.39 is 17.7 Å². The van der Waals surface area contributed by atoms with Crippen molar-refractivity contribution in [3.8, 4) is 0 Å². The molecule has 0 unspecified atom stereocenters. The van der Waals surface area contributed by atoms with Crippen LogP contribution in [-0.2, 0) is 4.79 Å². The minimum Gasteiger partial charge on any atom is -0.325 e. The van der Waals surface area contributed by atoms with Crippen LogP contribution in [0.5, 0.6) is 0 Å². The fourth-order valence-corrected chi connectivity index (χ4v) is 2.52. The number of rotatable bonds is 4. The Balaban J connectivity index is 1.69. The SMILES string of the molecule is CC(=O)c1ccc(NC(=O)CN2C(=O)c3ccccc3C2=O)cc1. The van der Waals surface area contributed by atoms with E-state index in [0.29, 0.717) is 22.4 Å². The van der Waals surface area contributed by atoms with E-state index in [1.165, 1.54) is 6.92 Å². The molecule has 0 atom stereocenters. The molecule has 1 aliphatic rings. The van der Waals surface area contributed by atoms with Gasteiger partial charge in [0.1, 0.15) is 6.54 Å². The Morgan fingerprint density at radius 1 is 0.917 bits per heavy atom. The lowest BCUT2D eigenvalue weighted by Crippen LogP contribution is -2.37. The summed E-state index contributed by atoms with van der Waals surface area (Å²) in [7, 11) is 0. The first-order valence-corrected chi connectivity index (χ1v) is 7.33. The zero-order valence-corrected chi connectivity index (χ0v) is 12.9. The number of fused-ring (bicyclic) bond motifs is 1. The van der Waals surface area contributed by atoms with E-state index in [2.05, 4.69) is 5.32 Å². The van der Waals surface area contributed by atoms with Gasteiger partial charge < -0.3 is 5.32 Å². The number of hydrogen-bond donors (Lipinski definition) is 1. The summed E-state index contributed by atoms with van der Waals surface area (Å²) in [6.07, 6.45) is 0. The minimum atomic E-state index is -0.486. The molecule has 3 amide bonds. The molecule has 0 spiro atoms. The number of ketones is 1. The van der Waals surface area contributed by atoms with Crippen LogP contribution in [0.3, 0.4) is 0 Å². The Morgan fingerprint density at radius 3 is 1.96 bits per heavy atom. The first kappa shape index (κ1) is 15.6. The number of carbonyl (C=O) groups is 4. The number of hydrogen-bond acceptors (Lipinski definition) is 4. The minimum absolute atomic E-state index is 0.0705. The van der Waals surface area contributed by atoms with E-state index in [1.54, 1.807) is 48.5 Å². The number of anilines is 1. The Labute approximate surface area is 138 Å². The summed E-state index contributed by atoms with van der Waals surface area (Å²) in [5.41, 5.74) is 1.64. The Morgan fingerprint density at radius 2 is 1.46 bits per heavy atom. The topological polar surface area (TPSA) is 83.6 Å². The van der Waals surface area contributed by atoms with E-state index in [9.17, 15) is 19.2 Å². The van der Waals surface area contributed by atoms with Crippen molar-refractivity contribution in [3.63, 3.8) is 0 Å². The first-order valence-electron chi connectivity index (χ1n) is 7.33. The molecule has 120 valence electrons. The predicted molar refractivity (Wildman–Crippen MR) is 86.9 cm³/mol. The van der Waals surface area contributed by atoms with E-state index in [4.69, 9.17) is 0 Å². The molecule has 0 aromatic heterocycles. The summed E-state index contributed by atoms with van der Waals surface area (Å²) in [5, 5.41) is 2.61. The van der Waals surface area contributed by atoms with Crippen LogP contribution < -0.4 is 5.32 Å². The maximum Gasteiger partial charge on any atom is 0.262 e. The van der Waals surface area contributed by atoms with Crippen LogP contribution in [0.15, 0.2) is 48.5 Å². The molecule has 2 aromatic carbocycles. The van der Waals surface area contributed by atoms with Gasteiger partial charge in [-0.3, -0.25) is 24.1 Å². The highest BCUT2D eigenvalue weighted by Gasteiger charge is 2.36. The third kappa shape index (κ3) is 2.81. The molecule has 0 aliphatic carbocycles. The summed E-state index contributed by atoms with van der Waals surface area (Å²) >= 11 is 0. The van der Waals surface area contributed by atoms with Crippen LogP contribution in [0.1, 0.15) is 38.0 Å². The van der Waals surface area contributed by atoms with Crippen LogP contribution in [0.25, 0.3) is 0 Å². The summed E-state index contributed by atoms with van der Waals surface area (Å²) in [4.78, 5) is 48.7. The fourth-order valence-electron chi connectivity index (χ4n) is 2.52. The Kier molecular flexibility index (Phi) is 3.95. The van der Waals surface area contributed by atoms with Crippen molar-refractivity contribution in [3.05, 3.63) is 65.2 Å². The van der Waals surface area contributed by atoms with Gasteiger partial charge in [0.05, 0.1) is 11.1 Å². The number of nitrogens with zero attached hydrogens (tertiary/aromatic N) is 1. The smallest absolute Gasteiger partial charge is 0.262 e. The van der Waals surface area contributed by atoms with Gasteiger partial charge in [-0.05, 0) is 43.3 Å². The summed E-state index contributed by atoms with van der Waals surface area (Å²) < 4.78 is 0. The highest BCUT2D eigenvalue weighted by Crippen LogP contribution is 2.22. The Hall–Kier alpha value is -3.28. The van der Waals surface area contributed by atoms with Gasteiger partial charge in [-0.2, -0.15) is 0 Å². The molecule has 2 aromatic rings. The van der Waals surface area contributed by atoms with Gasteiger partial charge in [-0.1, -0.05) is 12.1 Å². The largest absolute Gasteiger partial charge is 0.325 e. The third-order valence-electron chi connectivity index (χ3n) is 3.76. The lowest BCUT2D eigenvalue weighted by Gasteiger charge is -2.13. The maximum atomic E-state index is 12.2. The number of Topliss-reactive ketones (excluding diaryl/α,β-unsaturated/α-hetero) is 1. The zero-order valence-electron chi connectivity index (χ0n) is 12.9. The molecule has 1 aliphatic heterocycles. The lowest BCUT2D eigenvalue weighted by atomic mass is 10.1. The van der Waals surface area contributed by atoms with Gasteiger partial charge in [0.25, 0.3) is 11.8 Å². The zero-order chi connectivity index (χ0) is 17.3. The van der Waals surface area contributed by atoms with Gasteiger partial charge >= 0.3 is 0 Å². The maximum absolute atomic E-state index is 12.2. The van der Waals surface area contributed by atoms with E-state index in [1.807, 2.05) is 0 Å². The van der Waals surface area contributed by atoms with Crippen molar-refractivity contribution in [1.82, 2.24) is 4.90 Å². The summed E-state index contributed by atoms with van der Waals surface area (Å²) in [6.45, 7) is 1.09. The number of imide groups is 1. The van der Waals surface area contributed by atoms with E-state index >= 15 is 0 Å². The highest BCUT2D eigenvalue weighted by atomic mass is 16.2. The van der Waals surface area contributed by atoms with Gasteiger partial charge in [-0.15, -0.1) is 0 Å². The predicted octanol–water partition coefficient (Wildman–Crippen LogP) is 2.12. The molecule has 0 saturated carbocycles. The molecule has 0 bridgehead atoms. The average molecular weight is 322 g/mol. The fraction of sp³-hybridized carbons (Fsp3) is 0.111. The molecule has 1 N–H and O–H groups in total. The molecule has 3 rings (SSSR count). The Bertz CT molecular complexity index is 821. The first-order chi connectivity index (χ1) is 11.5. The van der Waals surface area contributed by atoms with Crippen molar-refractivity contribution in [2.24, 2.45) is 0 Å². The van der Waals surface area contributed by atoms with Crippen LogP contribution in [0.4, 0.5) is 5.69 Å². The van der Waals surface area contributed by atoms with Crippen molar-refractivity contribution in [2.45, 2.75) is 6.92 Å². The van der Waals surface area contributed by atoms with Crippen molar-refractivity contribution < 1.29 is 19.2 Å². The normalized spacial score (nSPS) is 13.0. The second-order valence-corrected chi connectivity index (χ2v) is 5.42. The highest BCUT2D eigenvalue weighted by molar-refractivity contribution is 6.22. The summed E-state index contributed by atoms with van der Waals surface area (Å²) in [5.74, 6) is -1.51. The molecule has 24 heavy (non-hydrogen) atoms. The molecule has 6 nitrogen and oxygen atoms in total. The van der Waals surface area contributed by atoms with Crippen LogP contribution in [-0.4, -0.2) is 34.9 Å². The summed E-state index contributed by atoms with van der Waals surface area (Å²) in [6, 6.07) is 12.9. The van der Waals surface area contributed by atoms with Crippen LogP contribution in [0.2, 0.25) is 0 Å². The van der Waals surface area contributed by atoms with Crippen molar-refractivity contribution >= 4 is 29.2 Å². The van der Waals surface area contributed by atoms with Gasteiger partial charge in [-0.25, -0.2) is 0 Å². The average Bonchev–Trinajstić information content (AvgIpc) is 2.81. The van der Waals surface area contributed by atoms with Gasteiger partial charge in [0.2, 0.25) is 5.91 Å². The third-order valence-corrected chi connectivity index (χ3v) is 3.76. The van der Waals surface area contributed by atoms with Gasteiger partial charge in [0.15, 0.2) is 5.78 Å². The van der Waals surface area contributed by atoms with Crippen LogP contribution in [0, 0.1) is 0 Å². The van der Waals surface area contributed by atoms with E-state index in [-0.39, 0.29) is 12.3 Å². The molecular formula is C18H14N2O4. The number of nitrogens with one attached hydrogen (secondary N) is 1. The number of benzene rings is 2. The van der Waals surface area contributed by atoms with Crippen LogP contribution >= 0.6 is 0 Å². The molecule has 0 saturated heterocycles. The molecule has 1 heterocycles.